The smallest absolute Gasteiger partial charge is 0.104 e. The zero-order valence-corrected chi connectivity index (χ0v) is 11.8. The Morgan fingerprint density at radius 1 is 1.16 bits per heavy atom. The molecule has 0 aromatic carbocycles. The predicted octanol–water partition coefficient (Wildman–Crippen LogP) is 0.202. The Labute approximate surface area is 118 Å². The van der Waals surface area contributed by atoms with Crippen molar-refractivity contribution in [2.45, 2.75) is 6.54 Å². The summed E-state index contributed by atoms with van der Waals surface area (Å²) in [5.74, 6) is 5.60. The average Bonchev–Trinajstić information content (AvgIpc) is 2.87. The van der Waals surface area contributed by atoms with E-state index in [1.54, 1.807) is 11.3 Å². The zero-order valence-electron chi connectivity index (χ0n) is 11.0. The fraction of sp³-hybridized carbons (Fsp3) is 0.571. The minimum atomic E-state index is -0.0853. The maximum Gasteiger partial charge on any atom is 0.104 e. The van der Waals surface area contributed by atoms with Gasteiger partial charge >= 0.3 is 0 Å². The largest absolute Gasteiger partial charge is 0.395 e. The molecule has 2 heterocycles. The van der Waals surface area contributed by atoms with E-state index in [0.29, 0.717) is 0 Å². The van der Waals surface area contributed by atoms with Gasteiger partial charge in [0.25, 0.3) is 0 Å². The summed E-state index contributed by atoms with van der Waals surface area (Å²) < 4.78 is 0. The van der Waals surface area contributed by atoms with Gasteiger partial charge in [-0.1, -0.05) is 11.8 Å². The number of rotatable bonds is 4. The Bertz CT molecular complexity index is 442. The standard InChI is InChI=1S/C14H20N2O2S/c17-8-1-2-13-10-14(19-12-13)11-16-5-3-15(4-6-16)7-9-18/h10,12,17-18H,3-9,11H2. The van der Waals surface area contributed by atoms with Crippen LogP contribution in [0.15, 0.2) is 11.4 Å². The lowest BCUT2D eigenvalue weighted by Crippen LogP contribution is -2.46. The number of aliphatic hydroxyl groups excluding tert-OH is 2. The third-order valence-corrected chi connectivity index (χ3v) is 4.15. The highest BCUT2D eigenvalue weighted by Gasteiger charge is 2.16. The Morgan fingerprint density at radius 3 is 2.58 bits per heavy atom. The van der Waals surface area contributed by atoms with Gasteiger partial charge in [0, 0.05) is 55.1 Å². The van der Waals surface area contributed by atoms with Crippen molar-refractivity contribution in [3.05, 3.63) is 21.9 Å². The van der Waals surface area contributed by atoms with E-state index in [1.807, 2.05) is 5.38 Å². The van der Waals surface area contributed by atoms with Gasteiger partial charge in [0.15, 0.2) is 0 Å². The highest BCUT2D eigenvalue weighted by atomic mass is 32.1. The molecule has 0 bridgehead atoms. The molecule has 0 saturated carbocycles. The maximum atomic E-state index is 8.91. The summed E-state index contributed by atoms with van der Waals surface area (Å²) in [5, 5.41) is 19.6. The molecule has 0 unspecified atom stereocenters. The predicted molar refractivity (Wildman–Crippen MR) is 77.1 cm³/mol. The molecule has 1 aromatic heterocycles. The molecule has 19 heavy (non-hydrogen) atoms. The van der Waals surface area contributed by atoms with Gasteiger partial charge in [-0.2, -0.15) is 0 Å². The van der Waals surface area contributed by atoms with Crippen molar-refractivity contribution in [3.63, 3.8) is 0 Å². The molecule has 0 atom stereocenters. The first-order valence-electron chi connectivity index (χ1n) is 6.54. The number of nitrogens with zero attached hydrogens (tertiary/aromatic N) is 2. The first kappa shape index (κ1) is 14.5. The fourth-order valence-corrected chi connectivity index (χ4v) is 3.06. The number of piperazine rings is 1. The molecule has 1 saturated heterocycles. The van der Waals surface area contributed by atoms with E-state index >= 15 is 0 Å². The summed E-state index contributed by atoms with van der Waals surface area (Å²) in [7, 11) is 0. The summed E-state index contributed by atoms with van der Waals surface area (Å²) in [6.07, 6.45) is 0. The van der Waals surface area contributed by atoms with Crippen molar-refractivity contribution in [3.8, 4) is 11.8 Å². The molecule has 104 valence electrons. The van der Waals surface area contributed by atoms with Crippen LogP contribution in [0.2, 0.25) is 0 Å². The van der Waals surface area contributed by atoms with Crippen LogP contribution in [0.4, 0.5) is 0 Å². The first-order valence-corrected chi connectivity index (χ1v) is 7.42. The van der Waals surface area contributed by atoms with Crippen LogP contribution in [-0.2, 0) is 6.54 Å². The summed E-state index contributed by atoms with van der Waals surface area (Å²) in [5.41, 5.74) is 0.993. The molecule has 0 radical (unpaired) electrons. The van der Waals surface area contributed by atoms with Crippen LogP contribution in [0.25, 0.3) is 0 Å². The SMILES string of the molecule is OCC#Cc1csc(CN2CCN(CCO)CC2)c1. The molecule has 1 aromatic rings. The van der Waals surface area contributed by atoms with Crippen molar-refractivity contribution in [2.24, 2.45) is 0 Å². The molecule has 2 rings (SSSR count). The lowest BCUT2D eigenvalue weighted by molar-refractivity contribution is 0.109. The summed E-state index contributed by atoms with van der Waals surface area (Å²) in [4.78, 5) is 6.05. The molecule has 0 spiro atoms. The summed E-state index contributed by atoms with van der Waals surface area (Å²) in [6, 6.07) is 2.10. The van der Waals surface area contributed by atoms with E-state index in [1.165, 1.54) is 4.88 Å². The maximum absolute atomic E-state index is 8.91. The lowest BCUT2D eigenvalue weighted by Gasteiger charge is -2.34. The number of hydrogen-bond donors (Lipinski definition) is 2. The topological polar surface area (TPSA) is 46.9 Å². The van der Waals surface area contributed by atoms with Gasteiger partial charge in [0.05, 0.1) is 6.61 Å². The van der Waals surface area contributed by atoms with Crippen LogP contribution in [0.1, 0.15) is 10.4 Å². The molecule has 1 fully saturated rings. The van der Waals surface area contributed by atoms with Crippen LogP contribution in [0.5, 0.6) is 0 Å². The zero-order chi connectivity index (χ0) is 13.5. The molecule has 1 aliphatic rings. The Kier molecular flexibility index (Phi) is 5.83. The number of aliphatic hydroxyl groups is 2. The third-order valence-electron chi connectivity index (χ3n) is 3.23. The molecular weight excluding hydrogens is 260 g/mol. The Hall–Kier alpha value is -0.900. The summed E-state index contributed by atoms with van der Waals surface area (Å²) >= 11 is 1.73. The van der Waals surface area contributed by atoms with E-state index in [9.17, 15) is 0 Å². The van der Waals surface area contributed by atoms with Gasteiger partial charge in [0.1, 0.15) is 6.61 Å². The van der Waals surface area contributed by atoms with E-state index in [0.717, 1.165) is 44.8 Å². The lowest BCUT2D eigenvalue weighted by atomic mass is 10.2. The van der Waals surface area contributed by atoms with Crippen molar-refractivity contribution in [1.29, 1.82) is 0 Å². The van der Waals surface area contributed by atoms with Crippen LogP contribution in [0.3, 0.4) is 0 Å². The average molecular weight is 280 g/mol. The van der Waals surface area contributed by atoms with Gasteiger partial charge in [0.2, 0.25) is 0 Å². The quantitative estimate of drug-likeness (QED) is 0.774. The van der Waals surface area contributed by atoms with Gasteiger partial charge in [-0.15, -0.1) is 11.3 Å². The number of hydrogen-bond acceptors (Lipinski definition) is 5. The molecule has 4 nitrogen and oxygen atoms in total. The monoisotopic (exact) mass is 280 g/mol. The minimum absolute atomic E-state index is 0.0853. The van der Waals surface area contributed by atoms with E-state index in [4.69, 9.17) is 10.2 Å². The van der Waals surface area contributed by atoms with Crippen molar-refractivity contribution >= 4 is 11.3 Å². The van der Waals surface area contributed by atoms with Crippen LogP contribution in [0, 0.1) is 11.8 Å². The molecule has 2 N–H and O–H groups in total. The number of β-amino-alcohol motifs (C(OH)–C–C–N with tert-alkyl or cyclic N) is 1. The molecule has 1 aliphatic heterocycles. The number of thiophene rings is 1. The van der Waals surface area contributed by atoms with Crippen LogP contribution < -0.4 is 0 Å². The molecular formula is C14H20N2O2S. The van der Waals surface area contributed by atoms with Gasteiger partial charge in [-0.05, 0) is 6.07 Å². The van der Waals surface area contributed by atoms with Crippen LogP contribution >= 0.6 is 11.3 Å². The second-order valence-electron chi connectivity index (χ2n) is 4.60. The summed E-state index contributed by atoms with van der Waals surface area (Å²) in [6.45, 7) is 6.08. The van der Waals surface area contributed by atoms with Gasteiger partial charge < -0.3 is 10.2 Å². The molecule has 0 aliphatic carbocycles. The normalized spacial score (nSPS) is 17.2. The second kappa shape index (κ2) is 7.63. The van der Waals surface area contributed by atoms with E-state index in [2.05, 4.69) is 27.7 Å². The molecule has 0 amide bonds. The van der Waals surface area contributed by atoms with E-state index < -0.39 is 0 Å². The van der Waals surface area contributed by atoms with Gasteiger partial charge in [-0.25, -0.2) is 0 Å². The van der Waals surface area contributed by atoms with E-state index in [-0.39, 0.29) is 13.2 Å². The Morgan fingerprint density at radius 2 is 1.89 bits per heavy atom. The highest BCUT2D eigenvalue weighted by Crippen LogP contribution is 2.17. The molecule has 5 heteroatoms. The Balaban J connectivity index is 1.80. The van der Waals surface area contributed by atoms with Gasteiger partial charge in [-0.3, -0.25) is 9.80 Å². The highest BCUT2D eigenvalue weighted by molar-refractivity contribution is 7.10. The minimum Gasteiger partial charge on any atom is -0.395 e. The van der Waals surface area contributed by atoms with Crippen LogP contribution in [-0.4, -0.2) is 66.0 Å². The van der Waals surface area contributed by atoms with Crippen molar-refractivity contribution in [2.75, 3.05) is 45.9 Å². The second-order valence-corrected chi connectivity index (χ2v) is 5.60. The van der Waals surface area contributed by atoms with Crippen molar-refractivity contribution in [1.82, 2.24) is 9.80 Å². The van der Waals surface area contributed by atoms with Crippen molar-refractivity contribution < 1.29 is 10.2 Å². The fourth-order valence-electron chi connectivity index (χ4n) is 2.20. The third kappa shape index (κ3) is 4.60. The first-order chi connectivity index (χ1) is 9.31.